The smallest absolute Gasteiger partial charge is 0.251 e. The fourth-order valence-electron chi connectivity index (χ4n) is 2.61. The van der Waals surface area contributed by atoms with Crippen molar-refractivity contribution in [2.75, 3.05) is 13.1 Å². The predicted molar refractivity (Wildman–Crippen MR) is 85.6 cm³/mol. The van der Waals surface area contributed by atoms with Gasteiger partial charge >= 0.3 is 0 Å². The van der Waals surface area contributed by atoms with Crippen molar-refractivity contribution in [2.24, 2.45) is 0 Å². The summed E-state index contributed by atoms with van der Waals surface area (Å²) in [5, 5.41) is 9.04. The molecule has 124 valence electrons. The van der Waals surface area contributed by atoms with E-state index in [1.807, 2.05) is 6.07 Å². The van der Waals surface area contributed by atoms with Crippen molar-refractivity contribution in [3.05, 3.63) is 48.4 Å². The zero-order chi connectivity index (χ0) is 17.0. The summed E-state index contributed by atoms with van der Waals surface area (Å²) in [6, 6.07) is 10.3. The minimum atomic E-state index is -3.55. The summed E-state index contributed by atoms with van der Waals surface area (Å²) in [5.74, 6) is 0.143. The Kier molecular flexibility index (Phi) is 4.74. The summed E-state index contributed by atoms with van der Waals surface area (Å²) >= 11 is 0. The zero-order valence-corrected chi connectivity index (χ0v) is 13.7. The van der Waals surface area contributed by atoms with Gasteiger partial charge in [0.15, 0.2) is 0 Å². The van der Waals surface area contributed by atoms with Crippen molar-refractivity contribution < 1.29 is 13.2 Å². The first-order valence-electron chi connectivity index (χ1n) is 7.54. The van der Waals surface area contributed by atoms with Gasteiger partial charge in [0.2, 0.25) is 15.7 Å². The van der Waals surface area contributed by atoms with Gasteiger partial charge in [-0.2, -0.15) is 9.57 Å². The Morgan fingerprint density at radius 3 is 2.71 bits per heavy atom. The number of piperidine rings is 1. The summed E-state index contributed by atoms with van der Waals surface area (Å²) < 4.78 is 32.5. The van der Waals surface area contributed by atoms with E-state index in [0.717, 1.165) is 0 Å². The third-order valence-electron chi connectivity index (χ3n) is 3.77. The average molecular weight is 344 g/mol. The molecule has 1 unspecified atom stereocenters. The number of nitrogens with zero attached hydrogens (tertiary/aromatic N) is 4. The van der Waals surface area contributed by atoms with Crippen molar-refractivity contribution in [1.29, 1.82) is 5.26 Å². The summed E-state index contributed by atoms with van der Waals surface area (Å²) in [6.45, 7) is 0.668. The zero-order valence-electron chi connectivity index (χ0n) is 12.9. The molecule has 1 aromatic heterocycles. The first-order valence-corrected chi connectivity index (χ1v) is 8.98. The van der Waals surface area contributed by atoms with Crippen molar-refractivity contribution in [3.63, 3.8) is 0 Å². The molecular formula is C16H16N4O3S. The average Bonchev–Trinajstić information content (AvgIpc) is 2.63. The van der Waals surface area contributed by atoms with Gasteiger partial charge in [-0.25, -0.2) is 18.4 Å². The molecule has 1 aliphatic rings. The predicted octanol–water partition coefficient (Wildman–Crippen LogP) is 1.58. The first-order chi connectivity index (χ1) is 11.6. The van der Waals surface area contributed by atoms with Crippen LogP contribution in [0.1, 0.15) is 18.5 Å². The molecule has 0 aliphatic carbocycles. The highest BCUT2D eigenvalue weighted by molar-refractivity contribution is 7.89. The van der Waals surface area contributed by atoms with Crippen LogP contribution in [0.3, 0.4) is 0 Å². The Bertz CT molecular complexity index is 849. The number of aromatic nitrogens is 2. The largest absolute Gasteiger partial charge is 0.471 e. The van der Waals surface area contributed by atoms with E-state index in [1.165, 1.54) is 16.7 Å². The molecule has 0 bridgehead atoms. The minimum Gasteiger partial charge on any atom is -0.471 e. The van der Waals surface area contributed by atoms with E-state index in [9.17, 15) is 8.42 Å². The SMILES string of the molecule is N#Cc1nccnc1OC1CCCN(S(=O)(=O)c2ccccc2)C1. The molecule has 0 radical (unpaired) electrons. The third-order valence-corrected chi connectivity index (χ3v) is 5.65. The summed E-state index contributed by atoms with van der Waals surface area (Å²) in [4.78, 5) is 8.18. The molecule has 0 amide bonds. The van der Waals surface area contributed by atoms with Crippen molar-refractivity contribution >= 4 is 10.0 Å². The van der Waals surface area contributed by atoms with E-state index in [1.54, 1.807) is 30.3 Å². The summed E-state index contributed by atoms with van der Waals surface area (Å²) in [5.41, 5.74) is 0.0977. The molecule has 1 saturated heterocycles. The molecule has 0 saturated carbocycles. The van der Waals surface area contributed by atoms with Crippen molar-refractivity contribution in [1.82, 2.24) is 14.3 Å². The quantitative estimate of drug-likeness (QED) is 0.835. The molecule has 1 fully saturated rings. The number of rotatable bonds is 4. The lowest BCUT2D eigenvalue weighted by molar-refractivity contribution is 0.124. The summed E-state index contributed by atoms with van der Waals surface area (Å²) in [6.07, 6.45) is 3.87. The van der Waals surface area contributed by atoms with Crippen LogP contribution in [-0.4, -0.2) is 41.9 Å². The van der Waals surface area contributed by atoms with Gasteiger partial charge in [-0.15, -0.1) is 0 Å². The molecule has 2 aromatic rings. The van der Waals surface area contributed by atoms with Crippen LogP contribution >= 0.6 is 0 Å². The van der Waals surface area contributed by atoms with Gasteiger partial charge in [-0.3, -0.25) is 0 Å². The molecule has 0 spiro atoms. The van der Waals surface area contributed by atoms with E-state index >= 15 is 0 Å². The summed E-state index contributed by atoms with van der Waals surface area (Å²) in [7, 11) is -3.55. The van der Waals surface area contributed by atoms with E-state index in [0.29, 0.717) is 19.4 Å². The van der Waals surface area contributed by atoms with Crippen LogP contribution < -0.4 is 4.74 Å². The molecule has 24 heavy (non-hydrogen) atoms. The van der Waals surface area contributed by atoms with Crippen LogP contribution in [0.25, 0.3) is 0 Å². The van der Waals surface area contributed by atoms with Gasteiger partial charge in [0.1, 0.15) is 12.2 Å². The molecular weight excluding hydrogens is 328 g/mol. The van der Waals surface area contributed by atoms with Crippen LogP contribution in [0.2, 0.25) is 0 Å². The highest BCUT2D eigenvalue weighted by Gasteiger charge is 2.31. The number of ether oxygens (including phenoxy) is 1. The maximum absolute atomic E-state index is 12.7. The van der Waals surface area contributed by atoms with E-state index in [4.69, 9.17) is 10.00 Å². The van der Waals surface area contributed by atoms with Crippen LogP contribution in [0, 0.1) is 11.3 Å². The first kappa shape index (κ1) is 16.4. The fourth-order valence-corrected chi connectivity index (χ4v) is 4.14. The molecule has 7 nitrogen and oxygen atoms in total. The lowest BCUT2D eigenvalue weighted by atomic mass is 10.1. The fraction of sp³-hybridized carbons (Fsp3) is 0.312. The minimum absolute atomic E-state index is 0.0977. The number of nitriles is 1. The second kappa shape index (κ2) is 6.95. The van der Waals surface area contributed by atoms with Crippen molar-refractivity contribution in [3.8, 4) is 11.9 Å². The molecule has 2 heterocycles. The Morgan fingerprint density at radius 1 is 1.21 bits per heavy atom. The molecule has 1 aliphatic heterocycles. The van der Waals surface area contributed by atoms with Crippen LogP contribution in [-0.2, 0) is 10.0 Å². The van der Waals surface area contributed by atoms with E-state index in [-0.39, 0.29) is 29.1 Å². The molecule has 0 N–H and O–H groups in total. The molecule has 8 heteroatoms. The second-order valence-corrected chi connectivity index (χ2v) is 7.32. The van der Waals surface area contributed by atoms with E-state index in [2.05, 4.69) is 9.97 Å². The Balaban J connectivity index is 1.77. The third kappa shape index (κ3) is 3.37. The van der Waals surface area contributed by atoms with Gasteiger partial charge in [0.05, 0.1) is 11.4 Å². The Hall–Kier alpha value is -2.50. The number of sulfonamides is 1. The number of hydrogen-bond donors (Lipinski definition) is 0. The van der Waals surface area contributed by atoms with Gasteiger partial charge in [-0.1, -0.05) is 18.2 Å². The van der Waals surface area contributed by atoms with Gasteiger partial charge < -0.3 is 4.74 Å². The van der Waals surface area contributed by atoms with Crippen LogP contribution in [0.4, 0.5) is 0 Å². The highest BCUT2D eigenvalue weighted by Crippen LogP contribution is 2.23. The molecule has 1 atom stereocenters. The highest BCUT2D eigenvalue weighted by atomic mass is 32.2. The van der Waals surface area contributed by atoms with Gasteiger partial charge in [0, 0.05) is 18.9 Å². The number of benzene rings is 1. The molecule has 1 aromatic carbocycles. The molecule has 3 rings (SSSR count). The van der Waals surface area contributed by atoms with E-state index < -0.39 is 10.0 Å². The maximum atomic E-state index is 12.7. The van der Waals surface area contributed by atoms with Crippen molar-refractivity contribution in [2.45, 2.75) is 23.8 Å². The standard InChI is InChI=1S/C16H16N4O3S/c17-11-15-16(19-9-8-18-15)23-13-5-4-10-20(12-13)24(21,22)14-6-2-1-3-7-14/h1-3,6-9,13H,4-5,10,12H2. The van der Waals surface area contributed by atoms with Crippen LogP contribution in [0.5, 0.6) is 5.88 Å². The topological polar surface area (TPSA) is 96.2 Å². The van der Waals surface area contributed by atoms with Gasteiger partial charge in [0.25, 0.3) is 5.88 Å². The Labute approximate surface area is 140 Å². The Morgan fingerprint density at radius 2 is 1.96 bits per heavy atom. The normalized spacial score (nSPS) is 18.7. The second-order valence-electron chi connectivity index (χ2n) is 5.38. The lowest BCUT2D eigenvalue weighted by Gasteiger charge is -2.31. The maximum Gasteiger partial charge on any atom is 0.251 e. The van der Waals surface area contributed by atoms with Crippen LogP contribution in [0.15, 0.2) is 47.6 Å². The monoisotopic (exact) mass is 344 g/mol. The lowest BCUT2D eigenvalue weighted by Crippen LogP contribution is -2.44. The number of hydrogen-bond acceptors (Lipinski definition) is 6. The van der Waals surface area contributed by atoms with Gasteiger partial charge in [-0.05, 0) is 25.0 Å².